The van der Waals surface area contributed by atoms with Crippen LogP contribution in [0.4, 0.5) is 5.69 Å². The molecule has 114 valence electrons. The van der Waals surface area contributed by atoms with Gasteiger partial charge in [-0.2, -0.15) is 0 Å². The monoisotopic (exact) mass is 291 g/mol. The van der Waals surface area contributed by atoms with E-state index in [1.807, 2.05) is 0 Å². The van der Waals surface area contributed by atoms with Crippen molar-refractivity contribution in [3.05, 3.63) is 29.8 Å². The van der Waals surface area contributed by atoms with E-state index in [4.69, 9.17) is 4.74 Å². The minimum absolute atomic E-state index is 0.117. The topological polar surface area (TPSA) is 70.7 Å². The van der Waals surface area contributed by atoms with Gasteiger partial charge in [0.1, 0.15) is 0 Å². The Hall–Kier alpha value is -1.92. The molecule has 0 aliphatic carbocycles. The van der Waals surface area contributed by atoms with Gasteiger partial charge in [0.15, 0.2) is 0 Å². The van der Waals surface area contributed by atoms with Gasteiger partial charge in [-0.05, 0) is 31.6 Å². The summed E-state index contributed by atoms with van der Waals surface area (Å²) in [6.45, 7) is 3.97. The fourth-order valence-electron chi connectivity index (χ4n) is 2.33. The van der Waals surface area contributed by atoms with Gasteiger partial charge < -0.3 is 15.4 Å². The Balaban J connectivity index is 1.97. The smallest absolute Gasteiger partial charge is 0.339 e. The van der Waals surface area contributed by atoms with Crippen LogP contribution in [-0.4, -0.2) is 56.6 Å². The molecule has 0 bridgehead atoms. The summed E-state index contributed by atoms with van der Waals surface area (Å²) in [6.07, 6.45) is 1.03. The Morgan fingerprint density at radius 2 is 2.10 bits per heavy atom. The molecule has 1 fully saturated rings. The van der Waals surface area contributed by atoms with E-state index in [0.29, 0.717) is 17.8 Å². The number of esters is 1. The Morgan fingerprint density at radius 3 is 2.90 bits per heavy atom. The summed E-state index contributed by atoms with van der Waals surface area (Å²) in [7, 11) is 1.32. The number of ether oxygens (including phenoxy) is 1. The van der Waals surface area contributed by atoms with Gasteiger partial charge in [0, 0.05) is 13.1 Å². The standard InChI is InChI=1S/C15H21N3O3/c1-21-15(20)12-5-2-3-6-13(12)17-14(19)11-18-9-4-7-16-8-10-18/h2-3,5-6,16H,4,7-11H2,1H3,(H,17,19). The highest BCUT2D eigenvalue weighted by molar-refractivity contribution is 6.01. The normalized spacial score (nSPS) is 16.0. The average Bonchev–Trinajstić information content (AvgIpc) is 2.75. The minimum atomic E-state index is -0.454. The van der Waals surface area contributed by atoms with E-state index in [0.717, 1.165) is 32.6 Å². The molecule has 0 radical (unpaired) electrons. The highest BCUT2D eigenvalue weighted by atomic mass is 16.5. The number of nitrogens with one attached hydrogen (secondary N) is 2. The molecule has 0 atom stereocenters. The summed E-state index contributed by atoms with van der Waals surface area (Å²) in [6, 6.07) is 6.85. The summed E-state index contributed by atoms with van der Waals surface area (Å²) < 4.78 is 4.72. The number of rotatable bonds is 4. The Kier molecular flexibility index (Phi) is 5.71. The van der Waals surface area contributed by atoms with Crippen LogP contribution < -0.4 is 10.6 Å². The average molecular weight is 291 g/mol. The third-order valence-corrected chi connectivity index (χ3v) is 3.41. The first kappa shape index (κ1) is 15.5. The Morgan fingerprint density at radius 1 is 1.29 bits per heavy atom. The maximum Gasteiger partial charge on any atom is 0.339 e. The van der Waals surface area contributed by atoms with E-state index >= 15 is 0 Å². The first-order valence-electron chi connectivity index (χ1n) is 7.11. The highest BCUT2D eigenvalue weighted by Gasteiger charge is 2.16. The number of carbonyl (C=O) groups excluding carboxylic acids is 2. The van der Waals surface area contributed by atoms with Crippen LogP contribution in [0.25, 0.3) is 0 Å². The van der Waals surface area contributed by atoms with Crippen molar-refractivity contribution in [2.24, 2.45) is 0 Å². The number of methoxy groups -OCH3 is 1. The van der Waals surface area contributed by atoms with E-state index < -0.39 is 5.97 Å². The van der Waals surface area contributed by atoms with E-state index in [-0.39, 0.29) is 5.91 Å². The van der Waals surface area contributed by atoms with Gasteiger partial charge >= 0.3 is 5.97 Å². The van der Waals surface area contributed by atoms with Crippen LogP contribution in [0.5, 0.6) is 0 Å². The second-order valence-electron chi connectivity index (χ2n) is 4.97. The molecule has 0 spiro atoms. The molecule has 1 aromatic carbocycles. The number of para-hydroxylation sites is 1. The zero-order valence-corrected chi connectivity index (χ0v) is 12.2. The van der Waals surface area contributed by atoms with Crippen molar-refractivity contribution in [3.63, 3.8) is 0 Å². The molecule has 0 aromatic heterocycles. The largest absolute Gasteiger partial charge is 0.465 e. The number of carbonyl (C=O) groups is 2. The maximum atomic E-state index is 12.1. The lowest BCUT2D eigenvalue weighted by molar-refractivity contribution is -0.117. The summed E-state index contributed by atoms with van der Waals surface area (Å²) in [4.78, 5) is 25.9. The Labute approximate surface area is 124 Å². The molecular formula is C15H21N3O3. The maximum absolute atomic E-state index is 12.1. The van der Waals surface area contributed by atoms with Crippen molar-refractivity contribution in [1.82, 2.24) is 10.2 Å². The van der Waals surface area contributed by atoms with Crippen molar-refractivity contribution in [2.45, 2.75) is 6.42 Å². The van der Waals surface area contributed by atoms with Gasteiger partial charge in [0.2, 0.25) is 5.91 Å². The van der Waals surface area contributed by atoms with Crippen molar-refractivity contribution in [1.29, 1.82) is 0 Å². The summed E-state index contributed by atoms with van der Waals surface area (Å²) in [5, 5.41) is 6.09. The first-order chi connectivity index (χ1) is 10.2. The van der Waals surface area contributed by atoms with Crippen LogP contribution in [0.3, 0.4) is 0 Å². The van der Waals surface area contributed by atoms with Crippen molar-refractivity contribution in [2.75, 3.05) is 45.2 Å². The van der Waals surface area contributed by atoms with Crippen LogP contribution >= 0.6 is 0 Å². The van der Waals surface area contributed by atoms with E-state index in [2.05, 4.69) is 15.5 Å². The van der Waals surface area contributed by atoms with Crippen LogP contribution in [-0.2, 0) is 9.53 Å². The summed E-state index contributed by atoms with van der Waals surface area (Å²) in [5.41, 5.74) is 0.855. The predicted molar refractivity (Wildman–Crippen MR) is 80.3 cm³/mol. The number of nitrogens with zero attached hydrogens (tertiary/aromatic N) is 1. The number of hydrogen-bond acceptors (Lipinski definition) is 5. The SMILES string of the molecule is COC(=O)c1ccccc1NC(=O)CN1CCCNCC1. The number of anilines is 1. The second-order valence-corrected chi connectivity index (χ2v) is 4.97. The first-order valence-corrected chi connectivity index (χ1v) is 7.11. The number of hydrogen-bond donors (Lipinski definition) is 2. The fraction of sp³-hybridized carbons (Fsp3) is 0.467. The van der Waals surface area contributed by atoms with Gasteiger partial charge in [-0.3, -0.25) is 9.69 Å². The van der Waals surface area contributed by atoms with Crippen LogP contribution in [0, 0.1) is 0 Å². The van der Waals surface area contributed by atoms with Crippen LogP contribution in [0.15, 0.2) is 24.3 Å². The molecule has 1 aliphatic heterocycles. The lowest BCUT2D eigenvalue weighted by Crippen LogP contribution is -2.35. The van der Waals surface area contributed by atoms with E-state index in [1.165, 1.54) is 7.11 Å². The van der Waals surface area contributed by atoms with Crippen molar-refractivity contribution in [3.8, 4) is 0 Å². The van der Waals surface area contributed by atoms with Crippen molar-refractivity contribution < 1.29 is 14.3 Å². The summed E-state index contributed by atoms with van der Waals surface area (Å²) >= 11 is 0. The second kappa shape index (κ2) is 7.75. The fourth-order valence-corrected chi connectivity index (χ4v) is 2.33. The number of benzene rings is 1. The van der Waals surface area contributed by atoms with E-state index in [1.54, 1.807) is 24.3 Å². The third-order valence-electron chi connectivity index (χ3n) is 3.41. The lowest BCUT2D eigenvalue weighted by Gasteiger charge is -2.19. The number of amides is 1. The van der Waals surface area contributed by atoms with Gasteiger partial charge in [-0.15, -0.1) is 0 Å². The molecule has 6 heteroatoms. The Bertz CT molecular complexity index is 497. The van der Waals surface area contributed by atoms with Gasteiger partial charge in [-0.25, -0.2) is 4.79 Å². The lowest BCUT2D eigenvalue weighted by atomic mass is 10.2. The molecular weight excluding hydrogens is 270 g/mol. The predicted octanol–water partition coefficient (Wildman–Crippen LogP) is 0.707. The van der Waals surface area contributed by atoms with Gasteiger partial charge in [0.25, 0.3) is 0 Å². The van der Waals surface area contributed by atoms with Crippen molar-refractivity contribution >= 4 is 17.6 Å². The summed E-state index contributed by atoms with van der Waals surface area (Å²) in [5.74, 6) is -0.571. The molecule has 0 unspecified atom stereocenters. The molecule has 1 amide bonds. The quantitative estimate of drug-likeness (QED) is 0.799. The molecule has 1 aromatic rings. The molecule has 1 aliphatic rings. The molecule has 21 heavy (non-hydrogen) atoms. The highest BCUT2D eigenvalue weighted by Crippen LogP contribution is 2.16. The van der Waals surface area contributed by atoms with Crippen LogP contribution in [0.2, 0.25) is 0 Å². The molecule has 2 N–H and O–H groups in total. The molecule has 1 saturated heterocycles. The molecule has 1 heterocycles. The van der Waals surface area contributed by atoms with Crippen LogP contribution in [0.1, 0.15) is 16.8 Å². The molecule has 6 nitrogen and oxygen atoms in total. The van der Waals surface area contributed by atoms with Gasteiger partial charge in [-0.1, -0.05) is 12.1 Å². The van der Waals surface area contributed by atoms with E-state index in [9.17, 15) is 9.59 Å². The molecule has 2 rings (SSSR count). The zero-order chi connectivity index (χ0) is 15.1. The molecule has 0 saturated carbocycles. The van der Waals surface area contributed by atoms with Gasteiger partial charge in [0.05, 0.1) is 24.9 Å². The zero-order valence-electron chi connectivity index (χ0n) is 12.2. The third kappa shape index (κ3) is 4.54. The minimum Gasteiger partial charge on any atom is -0.465 e.